The summed E-state index contributed by atoms with van der Waals surface area (Å²) >= 11 is 3.22. The van der Waals surface area contributed by atoms with Crippen LogP contribution in [-0.2, 0) is 0 Å². The maximum absolute atomic E-state index is 9.37. The van der Waals surface area contributed by atoms with Gasteiger partial charge in [-0.1, -0.05) is 0 Å². The first-order valence-electron chi connectivity index (χ1n) is 5.04. The lowest BCUT2D eigenvalue weighted by molar-refractivity contribution is 0.429. The van der Waals surface area contributed by atoms with Crippen LogP contribution < -0.4 is 0 Å². The normalized spacial score (nSPS) is 11.4. The zero-order valence-electron chi connectivity index (χ0n) is 9.90. The van der Waals surface area contributed by atoms with E-state index >= 15 is 0 Å². The highest BCUT2D eigenvalue weighted by molar-refractivity contribution is 9.10. The Kier molecular flexibility index (Phi) is 4.29. The fourth-order valence-corrected chi connectivity index (χ4v) is 1.28. The number of halogens is 1. The molecule has 88 valence electrons. The average Bonchev–Trinajstić information content (AvgIpc) is 2.20. The van der Waals surface area contributed by atoms with E-state index in [0.717, 1.165) is 5.69 Å². The number of aryl methyl sites for hydroxylation is 1. The number of aromatic hydroxyl groups is 1. The average molecular weight is 286 g/mol. The van der Waals surface area contributed by atoms with Crippen molar-refractivity contribution in [2.45, 2.75) is 26.8 Å². The van der Waals surface area contributed by atoms with Crippen molar-refractivity contribution >= 4 is 28.0 Å². The van der Waals surface area contributed by atoms with Crippen molar-refractivity contribution in [3.8, 4) is 5.88 Å². The molecular weight excluding hydrogens is 270 g/mol. The number of hydrogen-bond acceptors (Lipinski definition) is 3. The third kappa shape index (κ3) is 3.20. The van der Waals surface area contributed by atoms with Crippen LogP contribution in [0, 0.1) is 6.92 Å². The third-order valence-electron chi connectivity index (χ3n) is 2.31. The molecule has 0 aliphatic carbocycles. The Labute approximate surface area is 104 Å². The van der Waals surface area contributed by atoms with Gasteiger partial charge in [-0.05, 0) is 42.8 Å². The minimum atomic E-state index is -0.00587. The van der Waals surface area contributed by atoms with Crippen molar-refractivity contribution in [3.05, 3.63) is 16.2 Å². The molecule has 0 radical (unpaired) electrons. The summed E-state index contributed by atoms with van der Waals surface area (Å²) in [5.74, 6) is -0.00587. The number of aromatic nitrogens is 1. The summed E-state index contributed by atoms with van der Waals surface area (Å²) in [4.78, 5) is 10.3. The summed E-state index contributed by atoms with van der Waals surface area (Å²) in [6.07, 6.45) is 1.76. The van der Waals surface area contributed by atoms with Crippen LogP contribution in [0.25, 0.3) is 0 Å². The van der Waals surface area contributed by atoms with Crippen molar-refractivity contribution in [2.24, 2.45) is 4.99 Å². The molecule has 1 N–H and O–H groups in total. The Morgan fingerprint density at radius 1 is 1.56 bits per heavy atom. The van der Waals surface area contributed by atoms with Crippen LogP contribution >= 0.6 is 15.9 Å². The molecule has 1 aromatic rings. The minimum Gasteiger partial charge on any atom is -0.492 e. The van der Waals surface area contributed by atoms with Crippen molar-refractivity contribution < 1.29 is 5.11 Å². The summed E-state index contributed by atoms with van der Waals surface area (Å²) in [7, 11) is 1.96. The second-order valence-electron chi connectivity index (χ2n) is 3.90. The van der Waals surface area contributed by atoms with E-state index in [0.29, 0.717) is 16.2 Å². The van der Waals surface area contributed by atoms with Gasteiger partial charge in [0.1, 0.15) is 0 Å². The van der Waals surface area contributed by atoms with Gasteiger partial charge >= 0.3 is 0 Å². The highest BCUT2D eigenvalue weighted by Crippen LogP contribution is 2.28. The van der Waals surface area contributed by atoms with E-state index in [-0.39, 0.29) is 5.88 Å². The molecule has 0 atom stereocenters. The Morgan fingerprint density at radius 3 is 2.75 bits per heavy atom. The predicted octanol–water partition coefficient (Wildman–Crippen LogP) is 2.86. The van der Waals surface area contributed by atoms with Crippen LogP contribution in [0.15, 0.2) is 15.5 Å². The number of hydrogen-bond donors (Lipinski definition) is 1. The Hall–Kier alpha value is -1.10. The Morgan fingerprint density at radius 2 is 2.19 bits per heavy atom. The fourth-order valence-electron chi connectivity index (χ4n) is 0.976. The van der Waals surface area contributed by atoms with Gasteiger partial charge in [-0.2, -0.15) is 0 Å². The second kappa shape index (κ2) is 5.30. The molecule has 0 spiro atoms. The lowest BCUT2D eigenvalue weighted by Crippen LogP contribution is -2.24. The van der Waals surface area contributed by atoms with Gasteiger partial charge in [-0.3, -0.25) is 0 Å². The monoisotopic (exact) mass is 285 g/mol. The van der Waals surface area contributed by atoms with E-state index in [2.05, 4.69) is 39.8 Å². The van der Waals surface area contributed by atoms with Crippen molar-refractivity contribution in [1.29, 1.82) is 0 Å². The summed E-state index contributed by atoms with van der Waals surface area (Å²) in [5, 5.41) is 9.37. The van der Waals surface area contributed by atoms with Crippen LogP contribution in [0.5, 0.6) is 5.88 Å². The lowest BCUT2D eigenvalue weighted by atomic mass is 10.3. The van der Waals surface area contributed by atoms with Gasteiger partial charge in [0.15, 0.2) is 0 Å². The standard InChI is InChI=1S/C11H16BrN3O/c1-7(2)15(4)6-13-10-5-9(12)11(16)14-8(10)3/h5-7H,1-4H3,(H,14,16)/b13-6+. The molecular formula is C11H16BrN3O. The molecule has 4 nitrogen and oxygen atoms in total. The van der Waals surface area contributed by atoms with Crippen molar-refractivity contribution in [3.63, 3.8) is 0 Å². The Bertz CT molecular complexity index is 404. The first-order valence-corrected chi connectivity index (χ1v) is 5.83. The molecule has 1 heterocycles. The topological polar surface area (TPSA) is 48.7 Å². The van der Waals surface area contributed by atoms with E-state index in [1.807, 2.05) is 18.9 Å². The zero-order chi connectivity index (χ0) is 12.3. The molecule has 0 saturated carbocycles. The predicted molar refractivity (Wildman–Crippen MR) is 69.4 cm³/mol. The first-order chi connectivity index (χ1) is 7.41. The summed E-state index contributed by atoms with van der Waals surface area (Å²) in [6, 6.07) is 2.15. The molecule has 0 bridgehead atoms. The molecule has 0 unspecified atom stereocenters. The van der Waals surface area contributed by atoms with Gasteiger partial charge in [-0.15, -0.1) is 0 Å². The molecule has 16 heavy (non-hydrogen) atoms. The molecule has 1 rings (SSSR count). The number of pyridine rings is 1. The molecule has 0 saturated heterocycles. The number of aliphatic imine (C=N–C) groups is 1. The third-order valence-corrected chi connectivity index (χ3v) is 2.90. The maximum atomic E-state index is 9.37. The fraction of sp³-hybridized carbons (Fsp3) is 0.455. The van der Waals surface area contributed by atoms with Crippen LogP contribution in [-0.4, -0.2) is 34.4 Å². The summed E-state index contributed by atoms with van der Waals surface area (Å²) < 4.78 is 0.553. The SMILES string of the molecule is Cc1nc(O)c(Br)cc1/N=C/N(C)C(C)C. The van der Waals surface area contributed by atoms with Gasteiger partial charge in [0.05, 0.1) is 22.2 Å². The van der Waals surface area contributed by atoms with Crippen molar-refractivity contribution in [2.75, 3.05) is 7.05 Å². The molecule has 0 aliphatic heterocycles. The van der Waals surface area contributed by atoms with Gasteiger partial charge < -0.3 is 10.0 Å². The van der Waals surface area contributed by atoms with Crippen LogP contribution in [0.3, 0.4) is 0 Å². The van der Waals surface area contributed by atoms with E-state index in [4.69, 9.17) is 0 Å². The molecule has 1 aromatic heterocycles. The zero-order valence-corrected chi connectivity index (χ0v) is 11.5. The first kappa shape index (κ1) is 13.0. The largest absolute Gasteiger partial charge is 0.492 e. The molecule has 0 amide bonds. The van der Waals surface area contributed by atoms with Crippen molar-refractivity contribution in [1.82, 2.24) is 9.88 Å². The lowest BCUT2D eigenvalue weighted by Gasteiger charge is -2.17. The Balaban J connectivity index is 2.93. The molecule has 0 aliphatic rings. The highest BCUT2D eigenvalue weighted by atomic mass is 79.9. The molecule has 0 aromatic carbocycles. The van der Waals surface area contributed by atoms with Crippen LogP contribution in [0.4, 0.5) is 5.69 Å². The highest BCUT2D eigenvalue weighted by Gasteiger charge is 2.05. The summed E-state index contributed by atoms with van der Waals surface area (Å²) in [5.41, 5.74) is 1.45. The number of rotatable bonds is 3. The van der Waals surface area contributed by atoms with Crippen LogP contribution in [0.2, 0.25) is 0 Å². The van der Waals surface area contributed by atoms with E-state index in [9.17, 15) is 5.11 Å². The molecule has 5 heteroatoms. The van der Waals surface area contributed by atoms with Gasteiger partial charge in [-0.25, -0.2) is 9.98 Å². The number of nitrogens with zero attached hydrogens (tertiary/aromatic N) is 3. The molecule has 0 fully saturated rings. The van der Waals surface area contributed by atoms with E-state index in [1.165, 1.54) is 0 Å². The minimum absolute atomic E-state index is 0.00587. The van der Waals surface area contributed by atoms with E-state index < -0.39 is 0 Å². The summed E-state index contributed by atoms with van der Waals surface area (Å²) in [6.45, 7) is 5.99. The quantitative estimate of drug-likeness (QED) is 0.686. The maximum Gasteiger partial charge on any atom is 0.225 e. The van der Waals surface area contributed by atoms with Gasteiger partial charge in [0.2, 0.25) is 5.88 Å². The van der Waals surface area contributed by atoms with E-state index in [1.54, 1.807) is 12.4 Å². The smallest absolute Gasteiger partial charge is 0.225 e. The van der Waals surface area contributed by atoms with Crippen LogP contribution in [0.1, 0.15) is 19.5 Å². The second-order valence-corrected chi connectivity index (χ2v) is 4.76. The van der Waals surface area contributed by atoms with Gasteiger partial charge in [0, 0.05) is 13.1 Å². The van der Waals surface area contributed by atoms with Gasteiger partial charge in [0.25, 0.3) is 0 Å².